The van der Waals surface area contributed by atoms with Gasteiger partial charge in [0.1, 0.15) is 6.04 Å². The second-order valence-corrected chi connectivity index (χ2v) is 8.88. The maximum atomic E-state index is 13.2. The monoisotopic (exact) mass is 441 g/mol. The molecule has 1 N–H and O–H groups in total. The van der Waals surface area contributed by atoms with Gasteiger partial charge in [0, 0.05) is 31.7 Å². The van der Waals surface area contributed by atoms with Crippen LogP contribution in [-0.4, -0.2) is 59.7 Å². The van der Waals surface area contributed by atoms with Crippen molar-refractivity contribution in [1.29, 1.82) is 0 Å². The molecule has 6 nitrogen and oxygen atoms in total. The molecular weight excluding hydrogens is 410 g/mol. The fourth-order valence-electron chi connectivity index (χ4n) is 4.05. The number of thiophene rings is 1. The lowest BCUT2D eigenvalue weighted by Crippen LogP contribution is -2.54. The molecule has 0 aliphatic carbocycles. The molecular formula is C24H31N3O3S. The molecule has 1 aliphatic heterocycles. The Morgan fingerprint density at radius 3 is 2.29 bits per heavy atom. The number of carbonyl (C=O) groups is 3. The average Bonchev–Trinajstić information content (AvgIpc) is 3.33. The van der Waals surface area contributed by atoms with Crippen molar-refractivity contribution in [2.24, 2.45) is 5.92 Å². The van der Waals surface area contributed by atoms with Gasteiger partial charge in [0.2, 0.25) is 5.91 Å². The van der Waals surface area contributed by atoms with Crippen LogP contribution in [-0.2, 0) is 4.79 Å². The maximum absolute atomic E-state index is 13.2. The summed E-state index contributed by atoms with van der Waals surface area (Å²) in [6.45, 7) is 8.25. The highest BCUT2D eigenvalue weighted by Gasteiger charge is 2.35. The Kier molecular flexibility index (Phi) is 7.85. The fourth-order valence-corrected chi connectivity index (χ4v) is 4.67. The molecule has 0 saturated carbocycles. The minimum absolute atomic E-state index is 0.000852. The summed E-state index contributed by atoms with van der Waals surface area (Å²) in [5, 5.41) is 4.85. The number of likely N-dealkylation sites (N-methyl/N-ethyl adjacent to an activating group) is 1. The number of likely N-dealkylation sites (tertiary alicyclic amines) is 1. The molecule has 2 aromatic rings. The van der Waals surface area contributed by atoms with Crippen LogP contribution in [0.3, 0.4) is 0 Å². The Hall–Kier alpha value is -2.67. The van der Waals surface area contributed by atoms with E-state index in [1.807, 2.05) is 61.4 Å². The van der Waals surface area contributed by atoms with Gasteiger partial charge in [0.05, 0.1) is 4.88 Å². The lowest BCUT2D eigenvalue weighted by molar-refractivity contribution is -0.134. The molecule has 1 saturated heterocycles. The maximum Gasteiger partial charge on any atom is 0.262 e. The molecule has 0 spiro atoms. The first-order valence-electron chi connectivity index (χ1n) is 10.9. The lowest BCUT2D eigenvalue weighted by Gasteiger charge is -2.37. The number of piperidine rings is 1. The Morgan fingerprint density at radius 1 is 1.10 bits per heavy atom. The van der Waals surface area contributed by atoms with E-state index >= 15 is 0 Å². The predicted octanol–water partition coefficient (Wildman–Crippen LogP) is 3.58. The first-order chi connectivity index (χ1) is 14.9. The number of nitrogens with zero attached hydrogens (tertiary/aromatic N) is 2. The molecule has 166 valence electrons. The Labute approximate surface area is 188 Å². The van der Waals surface area contributed by atoms with Gasteiger partial charge in [-0.25, -0.2) is 0 Å². The van der Waals surface area contributed by atoms with E-state index in [1.165, 1.54) is 11.3 Å². The van der Waals surface area contributed by atoms with Crippen molar-refractivity contribution >= 4 is 29.1 Å². The fraction of sp³-hybridized carbons (Fsp3) is 0.458. The van der Waals surface area contributed by atoms with Gasteiger partial charge in [-0.2, -0.15) is 0 Å². The van der Waals surface area contributed by atoms with Gasteiger partial charge < -0.3 is 15.1 Å². The van der Waals surface area contributed by atoms with E-state index < -0.39 is 6.04 Å². The van der Waals surface area contributed by atoms with Crippen molar-refractivity contribution in [3.05, 3.63) is 57.8 Å². The molecule has 1 aromatic carbocycles. The summed E-state index contributed by atoms with van der Waals surface area (Å²) in [4.78, 5) is 43.0. The number of benzene rings is 1. The molecule has 0 bridgehead atoms. The van der Waals surface area contributed by atoms with Crippen LogP contribution in [0, 0.1) is 12.8 Å². The number of hydrogen-bond donors (Lipinski definition) is 1. The van der Waals surface area contributed by atoms with Crippen molar-refractivity contribution in [2.45, 2.75) is 39.7 Å². The van der Waals surface area contributed by atoms with E-state index in [0.717, 1.165) is 5.56 Å². The van der Waals surface area contributed by atoms with Crippen LogP contribution in [0.1, 0.15) is 52.3 Å². The minimum Gasteiger partial charge on any atom is -0.341 e. The number of carbonyl (C=O) groups excluding carboxylic acids is 3. The van der Waals surface area contributed by atoms with E-state index in [4.69, 9.17) is 0 Å². The van der Waals surface area contributed by atoms with Gasteiger partial charge in [-0.05, 0) is 63.1 Å². The topological polar surface area (TPSA) is 69.7 Å². The third-order valence-electron chi connectivity index (χ3n) is 5.97. The summed E-state index contributed by atoms with van der Waals surface area (Å²) in [5.41, 5.74) is 1.81. The van der Waals surface area contributed by atoms with Crippen LogP contribution < -0.4 is 5.32 Å². The van der Waals surface area contributed by atoms with E-state index in [-0.39, 0.29) is 23.6 Å². The summed E-state index contributed by atoms with van der Waals surface area (Å²) in [7, 11) is 0. The number of amides is 3. The quantitative estimate of drug-likeness (QED) is 0.714. The van der Waals surface area contributed by atoms with Gasteiger partial charge in [0.25, 0.3) is 11.8 Å². The second-order valence-electron chi connectivity index (χ2n) is 7.93. The van der Waals surface area contributed by atoms with Gasteiger partial charge in [-0.3, -0.25) is 14.4 Å². The van der Waals surface area contributed by atoms with Crippen LogP contribution in [0.15, 0.2) is 41.8 Å². The normalized spacial score (nSPS) is 15.4. The van der Waals surface area contributed by atoms with E-state index in [2.05, 4.69) is 5.32 Å². The average molecular weight is 442 g/mol. The van der Waals surface area contributed by atoms with Crippen LogP contribution in [0.2, 0.25) is 0 Å². The minimum atomic E-state index is -0.578. The number of aryl methyl sites for hydroxylation is 1. The molecule has 7 heteroatoms. The zero-order valence-corrected chi connectivity index (χ0v) is 19.3. The highest BCUT2D eigenvalue weighted by atomic mass is 32.1. The van der Waals surface area contributed by atoms with E-state index in [9.17, 15) is 14.4 Å². The highest BCUT2D eigenvalue weighted by molar-refractivity contribution is 7.12. The third kappa shape index (κ3) is 5.53. The largest absolute Gasteiger partial charge is 0.341 e. The summed E-state index contributed by atoms with van der Waals surface area (Å²) < 4.78 is 0. The summed E-state index contributed by atoms with van der Waals surface area (Å²) in [6.07, 6.45) is 1.36. The van der Waals surface area contributed by atoms with E-state index in [0.29, 0.717) is 49.5 Å². The molecule has 31 heavy (non-hydrogen) atoms. The SMILES string of the molecule is CCN(CC)C(=O)[C@@H](NC(=O)c1cccs1)C1CCN(C(=O)c2ccc(C)cc2)CC1. The molecule has 1 aromatic heterocycles. The highest BCUT2D eigenvalue weighted by Crippen LogP contribution is 2.24. The van der Waals surface area contributed by atoms with Crippen molar-refractivity contribution in [3.8, 4) is 0 Å². The van der Waals surface area contributed by atoms with Gasteiger partial charge in [0.15, 0.2) is 0 Å². The van der Waals surface area contributed by atoms with Crippen molar-refractivity contribution in [1.82, 2.24) is 15.1 Å². The van der Waals surface area contributed by atoms with Gasteiger partial charge in [-0.15, -0.1) is 11.3 Å². The third-order valence-corrected chi connectivity index (χ3v) is 6.84. The molecule has 0 unspecified atom stereocenters. The predicted molar refractivity (Wildman–Crippen MR) is 123 cm³/mol. The summed E-state index contributed by atoms with van der Waals surface area (Å²) in [6, 6.07) is 10.6. The smallest absolute Gasteiger partial charge is 0.262 e. The molecule has 3 rings (SSSR count). The van der Waals surface area contributed by atoms with Crippen LogP contribution in [0.25, 0.3) is 0 Å². The molecule has 1 atom stereocenters. The molecule has 2 heterocycles. The number of nitrogens with one attached hydrogen (secondary N) is 1. The van der Waals surface area contributed by atoms with Crippen molar-refractivity contribution < 1.29 is 14.4 Å². The zero-order valence-electron chi connectivity index (χ0n) is 18.5. The standard InChI is InChI=1S/C24H31N3O3S/c1-4-26(5-2)24(30)21(25-22(28)20-7-6-16-31-20)18-12-14-27(15-13-18)23(29)19-10-8-17(3)9-11-19/h6-11,16,18,21H,4-5,12-15H2,1-3H3,(H,25,28)/t21-/m0/s1. The summed E-state index contributed by atoms with van der Waals surface area (Å²) >= 11 is 1.36. The van der Waals surface area contributed by atoms with Crippen LogP contribution in [0.5, 0.6) is 0 Å². The Balaban J connectivity index is 1.69. The van der Waals surface area contributed by atoms with Crippen molar-refractivity contribution in [3.63, 3.8) is 0 Å². The van der Waals surface area contributed by atoms with Crippen LogP contribution in [0.4, 0.5) is 0 Å². The molecule has 1 aliphatic rings. The number of rotatable bonds is 7. The zero-order chi connectivity index (χ0) is 22.4. The first-order valence-corrected chi connectivity index (χ1v) is 11.8. The Bertz CT molecular complexity index is 883. The first kappa shape index (κ1) is 23.0. The molecule has 1 fully saturated rings. The Morgan fingerprint density at radius 2 is 1.74 bits per heavy atom. The van der Waals surface area contributed by atoms with Gasteiger partial charge >= 0.3 is 0 Å². The lowest BCUT2D eigenvalue weighted by atomic mass is 9.88. The van der Waals surface area contributed by atoms with Gasteiger partial charge in [-0.1, -0.05) is 23.8 Å². The van der Waals surface area contributed by atoms with E-state index in [1.54, 1.807) is 11.0 Å². The molecule has 0 radical (unpaired) electrons. The summed E-state index contributed by atoms with van der Waals surface area (Å²) in [5.74, 6) is -0.233. The van der Waals surface area contributed by atoms with Crippen LogP contribution >= 0.6 is 11.3 Å². The molecule has 3 amide bonds. The van der Waals surface area contributed by atoms with Crippen molar-refractivity contribution in [2.75, 3.05) is 26.2 Å². The number of hydrogen-bond acceptors (Lipinski definition) is 4. The second kappa shape index (κ2) is 10.6.